The van der Waals surface area contributed by atoms with Crippen LogP contribution in [0.4, 0.5) is 11.4 Å². The zero-order valence-corrected chi connectivity index (χ0v) is 19.2. The molecular formula is C26H30N4O2. The Hall–Kier alpha value is -3.41. The Labute approximate surface area is 189 Å². The number of rotatable bonds is 5. The first-order chi connectivity index (χ1) is 15.4. The summed E-state index contributed by atoms with van der Waals surface area (Å²) in [7, 11) is 1.82. The Morgan fingerprint density at radius 1 is 1.09 bits per heavy atom. The molecule has 2 atom stereocenters. The molecular weight excluding hydrogens is 400 g/mol. The number of carbonyl (C=O) groups excluding carboxylic acids is 2. The zero-order valence-electron chi connectivity index (χ0n) is 19.2. The van der Waals surface area contributed by atoms with Crippen LogP contribution < -0.4 is 9.80 Å². The average Bonchev–Trinajstić information content (AvgIpc) is 3.14. The van der Waals surface area contributed by atoms with Gasteiger partial charge in [0.15, 0.2) is 0 Å². The van der Waals surface area contributed by atoms with Crippen LogP contribution in [-0.2, 0) is 18.3 Å². The van der Waals surface area contributed by atoms with E-state index in [1.54, 1.807) is 11.6 Å². The van der Waals surface area contributed by atoms with Crippen LogP contribution in [0.3, 0.4) is 0 Å². The standard InChI is InChI=1S/C26H30N4O2/c1-5-11-20-17-25(28(4)27-20)26(32)29-18(2)16-24(22-14-9-10-15-23(22)29)30(19(3)31)21-12-7-6-8-13-21/h6-10,12-15,17-18,24H,5,11,16H2,1-4H3. The van der Waals surface area contributed by atoms with Crippen LogP contribution in [0, 0.1) is 0 Å². The van der Waals surface area contributed by atoms with Gasteiger partial charge in [-0.25, -0.2) is 0 Å². The molecule has 6 heteroatoms. The van der Waals surface area contributed by atoms with Gasteiger partial charge in [-0.1, -0.05) is 49.7 Å². The number of hydrogen-bond acceptors (Lipinski definition) is 3. The maximum absolute atomic E-state index is 13.7. The fourth-order valence-electron chi connectivity index (χ4n) is 4.73. The highest BCUT2D eigenvalue weighted by molar-refractivity contribution is 6.06. The molecule has 2 unspecified atom stereocenters. The van der Waals surface area contributed by atoms with Crippen molar-refractivity contribution in [3.05, 3.63) is 77.6 Å². The van der Waals surface area contributed by atoms with Crippen LogP contribution in [0.25, 0.3) is 0 Å². The lowest BCUT2D eigenvalue weighted by atomic mass is 9.89. The van der Waals surface area contributed by atoms with E-state index in [0.29, 0.717) is 12.1 Å². The quantitative estimate of drug-likeness (QED) is 0.578. The second-order valence-electron chi connectivity index (χ2n) is 8.45. The summed E-state index contributed by atoms with van der Waals surface area (Å²) >= 11 is 0. The fourth-order valence-corrected chi connectivity index (χ4v) is 4.73. The second kappa shape index (κ2) is 8.99. The lowest BCUT2D eigenvalue weighted by molar-refractivity contribution is -0.117. The molecule has 4 rings (SSSR count). The number of nitrogens with zero attached hydrogens (tertiary/aromatic N) is 4. The summed E-state index contributed by atoms with van der Waals surface area (Å²) in [6, 6.07) is 19.3. The summed E-state index contributed by atoms with van der Waals surface area (Å²) in [6.07, 6.45) is 2.48. The van der Waals surface area contributed by atoms with Gasteiger partial charge in [-0.15, -0.1) is 0 Å². The number of amides is 2. The molecule has 1 aliphatic rings. The van der Waals surface area contributed by atoms with Gasteiger partial charge < -0.3 is 9.80 Å². The smallest absolute Gasteiger partial charge is 0.276 e. The van der Waals surface area contributed by atoms with Gasteiger partial charge in [-0.05, 0) is 49.6 Å². The Balaban J connectivity index is 1.76. The topological polar surface area (TPSA) is 58.4 Å². The van der Waals surface area contributed by atoms with E-state index >= 15 is 0 Å². The highest BCUT2D eigenvalue weighted by Crippen LogP contribution is 2.42. The van der Waals surface area contributed by atoms with E-state index < -0.39 is 0 Å². The number of aromatic nitrogens is 2. The van der Waals surface area contributed by atoms with E-state index in [4.69, 9.17) is 0 Å². The van der Waals surface area contributed by atoms with Gasteiger partial charge in [-0.2, -0.15) is 5.10 Å². The SMILES string of the molecule is CCCc1cc(C(=O)N2c3ccccc3C(N(C(C)=O)c3ccccc3)CC2C)n(C)n1. The summed E-state index contributed by atoms with van der Waals surface area (Å²) in [5.41, 5.74) is 4.21. The predicted octanol–water partition coefficient (Wildman–Crippen LogP) is 4.91. The largest absolute Gasteiger partial charge is 0.305 e. The number of aryl methyl sites for hydroxylation is 2. The van der Waals surface area contributed by atoms with E-state index in [2.05, 4.69) is 12.0 Å². The lowest BCUT2D eigenvalue weighted by Gasteiger charge is -2.43. The van der Waals surface area contributed by atoms with Crippen molar-refractivity contribution in [1.82, 2.24) is 9.78 Å². The van der Waals surface area contributed by atoms with Crippen molar-refractivity contribution in [2.75, 3.05) is 9.80 Å². The van der Waals surface area contributed by atoms with E-state index in [9.17, 15) is 9.59 Å². The molecule has 0 radical (unpaired) electrons. The molecule has 2 aromatic carbocycles. The highest BCUT2D eigenvalue weighted by atomic mass is 16.2. The van der Waals surface area contributed by atoms with E-state index in [-0.39, 0.29) is 23.9 Å². The molecule has 0 spiro atoms. The molecule has 2 amide bonds. The maximum Gasteiger partial charge on any atom is 0.276 e. The van der Waals surface area contributed by atoms with E-state index in [0.717, 1.165) is 35.5 Å². The van der Waals surface area contributed by atoms with Gasteiger partial charge in [0.05, 0.1) is 11.7 Å². The molecule has 0 bridgehead atoms. The summed E-state index contributed by atoms with van der Waals surface area (Å²) in [5, 5.41) is 4.52. The molecule has 2 heterocycles. The van der Waals surface area contributed by atoms with Crippen LogP contribution in [0.5, 0.6) is 0 Å². The van der Waals surface area contributed by atoms with Crippen molar-refractivity contribution >= 4 is 23.2 Å². The molecule has 0 saturated heterocycles. The zero-order chi connectivity index (χ0) is 22.8. The van der Waals surface area contributed by atoms with Gasteiger partial charge in [0.2, 0.25) is 5.91 Å². The summed E-state index contributed by atoms with van der Waals surface area (Å²) in [6.45, 7) is 5.75. The number of benzene rings is 2. The summed E-state index contributed by atoms with van der Waals surface area (Å²) < 4.78 is 1.68. The van der Waals surface area contributed by atoms with Gasteiger partial charge in [0.25, 0.3) is 5.91 Å². The molecule has 1 aromatic heterocycles. The van der Waals surface area contributed by atoms with Crippen molar-refractivity contribution < 1.29 is 9.59 Å². The molecule has 0 N–H and O–H groups in total. The molecule has 0 aliphatic carbocycles. The first-order valence-electron chi connectivity index (χ1n) is 11.2. The summed E-state index contributed by atoms with van der Waals surface area (Å²) in [5.74, 6) is -0.0753. The summed E-state index contributed by atoms with van der Waals surface area (Å²) in [4.78, 5) is 30.1. The molecule has 0 fully saturated rings. The Morgan fingerprint density at radius 3 is 2.47 bits per heavy atom. The van der Waals surface area contributed by atoms with Gasteiger partial charge >= 0.3 is 0 Å². The number of para-hydroxylation sites is 2. The van der Waals surface area contributed by atoms with Crippen molar-refractivity contribution in [3.63, 3.8) is 0 Å². The molecule has 166 valence electrons. The van der Waals surface area contributed by atoms with Crippen molar-refractivity contribution in [1.29, 1.82) is 0 Å². The van der Waals surface area contributed by atoms with Crippen LogP contribution >= 0.6 is 0 Å². The maximum atomic E-state index is 13.7. The Kier molecular flexibility index (Phi) is 6.12. The predicted molar refractivity (Wildman–Crippen MR) is 127 cm³/mol. The minimum absolute atomic E-state index is 0.0150. The van der Waals surface area contributed by atoms with E-state index in [1.165, 1.54) is 0 Å². The second-order valence-corrected chi connectivity index (χ2v) is 8.45. The third-order valence-corrected chi connectivity index (χ3v) is 6.12. The van der Waals surface area contributed by atoms with Gasteiger partial charge in [0.1, 0.15) is 5.69 Å². The third-order valence-electron chi connectivity index (χ3n) is 6.12. The molecule has 32 heavy (non-hydrogen) atoms. The van der Waals surface area contributed by atoms with E-state index in [1.807, 2.05) is 84.4 Å². The highest BCUT2D eigenvalue weighted by Gasteiger charge is 2.38. The fraction of sp³-hybridized carbons (Fsp3) is 0.346. The van der Waals surface area contributed by atoms with Crippen molar-refractivity contribution in [2.24, 2.45) is 7.05 Å². The number of fused-ring (bicyclic) bond motifs is 1. The molecule has 1 aliphatic heterocycles. The van der Waals surface area contributed by atoms with Crippen molar-refractivity contribution in [3.8, 4) is 0 Å². The molecule has 3 aromatic rings. The number of anilines is 2. The van der Waals surface area contributed by atoms with Crippen LogP contribution in [-0.4, -0.2) is 27.6 Å². The Morgan fingerprint density at radius 2 is 1.78 bits per heavy atom. The first kappa shape index (κ1) is 21.8. The number of carbonyl (C=O) groups is 2. The van der Waals surface area contributed by atoms with Crippen LogP contribution in [0.15, 0.2) is 60.7 Å². The van der Waals surface area contributed by atoms with Crippen molar-refractivity contribution in [2.45, 2.75) is 52.1 Å². The molecule has 6 nitrogen and oxygen atoms in total. The molecule has 0 saturated carbocycles. The first-order valence-corrected chi connectivity index (χ1v) is 11.2. The van der Waals surface area contributed by atoms with Gasteiger partial charge in [0, 0.05) is 31.4 Å². The van der Waals surface area contributed by atoms with Gasteiger partial charge in [-0.3, -0.25) is 14.3 Å². The van der Waals surface area contributed by atoms with Crippen LogP contribution in [0.2, 0.25) is 0 Å². The normalized spacial score (nSPS) is 17.7. The monoisotopic (exact) mass is 430 g/mol. The lowest BCUT2D eigenvalue weighted by Crippen LogP contribution is -2.47. The minimum atomic E-state index is -0.146. The number of hydrogen-bond donors (Lipinski definition) is 0. The van der Waals surface area contributed by atoms with Crippen LogP contribution in [0.1, 0.15) is 61.4 Å². The average molecular weight is 431 g/mol. The third kappa shape index (κ3) is 3.93. The Bertz CT molecular complexity index is 1120. The minimum Gasteiger partial charge on any atom is -0.305 e.